The molecule has 0 spiro atoms. The summed E-state index contributed by atoms with van der Waals surface area (Å²) in [6.45, 7) is 1.64. The van der Waals surface area contributed by atoms with Crippen LogP contribution in [0.5, 0.6) is 0 Å². The van der Waals surface area contributed by atoms with E-state index in [-0.39, 0.29) is 17.8 Å². The molecule has 0 radical (unpaired) electrons. The summed E-state index contributed by atoms with van der Waals surface area (Å²) < 4.78 is 18.0. The van der Waals surface area contributed by atoms with Gasteiger partial charge in [0.2, 0.25) is 0 Å². The molecule has 2 aromatic rings. The number of hydrogen-bond donors (Lipinski definition) is 3. The molecule has 21 heavy (non-hydrogen) atoms. The van der Waals surface area contributed by atoms with E-state index < -0.39 is 23.4 Å². The molecular weight excluding hydrogens is 279 g/mol. The quantitative estimate of drug-likeness (QED) is 0.738. The van der Waals surface area contributed by atoms with E-state index in [0.29, 0.717) is 10.9 Å². The number of anilines is 1. The van der Waals surface area contributed by atoms with Gasteiger partial charge in [0.25, 0.3) is 5.56 Å². The molecule has 0 saturated heterocycles. The highest BCUT2D eigenvalue weighted by atomic mass is 19.1. The van der Waals surface area contributed by atoms with E-state index in [9.17, 15) is 19.1 Å². The van der Waals surface area contributed by atoms with Crippen LogP contribution in [0.3, 0.4) is 0 Å². The highest BCUT2D eigenvalue weighted by Gasteiger charge is 2.20. The molecule has 2 rings (SSSR count). The molecule has 112 valence electrons. The molecule has 7 heteroatoms. The molecule has 0 unspecified atom stereocenters. The molecule has 0 saturated carbocycles. The molecular formula is C14H15FN2O4. The molecule has 1 atom stereocenters. The average molecular weight is 294 g/mol. The fourth-order valence-corrected chi connectivity index (χ4v) is 2.00. The first kappa shape index (κ1) is 15.0. The van der Waals surface area contributed by atoms with Crippen LogP contribution in [0.2, 0.25) is 0 Å². The Morgan fingerprint density at radius 3 is 2.86 bits per heavy atom. The van der Waals surface area contributed by atoms with Gasteiger partial charge in [-0.05, 0) is 25.1 Å². The fourth-order valence-electron chi connectivity index (χ4n) is 2.00. The molecule has 0 bridgehead atoms. The number of aliphatic hydroxyl groups excluding tert-OH is 1. The zero-order chi connectivity index (χ0) is 15.6. The van der Waals surface area contributed by atoms with Gasteiger partial charge in [-0.3, -0.25) is 4.79 Å². The summed E-state index contributed by atoms with van der Waals surface area (Å²) in [4.78, 5) is 26.3. The van der Waals surface area contributed by atoms with Crippen LogP contribution >= 0.6 is 0 Å². The third-order valence-corrected chi connectivity index (χ3v) is 2.94. The Bertz CT molecular complexity index is 740. The summed E-state index contributed by atoms with van der Waals surface area (Å²) in [6, 6.07) is 3.80. The number of rotatable bonds is 4. The predicted molar refractivity (Wildman–Crippen MR) is 76.0 cm³/mol. The lowest BCUT2D eigenvalue weighted by atomic mass is 10.1. The maximum absolute atomic E-state index is 13.4. The maximum atomic E-state index is 13.4. The van der Waals surface area contributed by atoms with Crippen LogP contribution in [0, 0.1) is 5.82 Å². The van der Waals surface area contributed by atoms with Gasteiger partial charge in [0, 0.05) is 11.9 Å². The SMILES string of the molecule is COC(=O)c1c(NC[C@H](C)O)c2cc(F)ccc2[nH]c1=O. The third kappa shape index (κ3) is 3.03. The van der Waals surface area contributed by atoms with Crippen molar-refractivity contribution in [1.29, 1.82) is 0 Å². The first-order valence-electron chi connectivity index (χ1n) is 6.29. The van der Waals surface area contributed by atoms with Crippen molar-refractivity contribution in [2.24, 2.45) is 0 Å². The summed E-state index contributed by atoms with van der Waals surface area (Å²) in [7, 11) is 1.15. The average Bonchev–Trinajstić information content (AvgIpc) is 2.44. The van der Waals surface area contributed by atoms with E-state index in [1.54, 1.807) is 6.92 Å². The molecule has 6 nitrogen and oxygen atoms in total. The number of halogens is 1. The molecule has 0 aliphatic heterocycles. The first-order chi connectivity index (χ1) is 9.93. The summed E-state index contributed by atoms with van der Waals surface area (Å²) in [6.07, 6.45) is -0.710. The van der Waals surface area contributed by atoms with E-state index in [1.807, 2.05) is 0 Å². The number of aromatic nitrogens is 1. The lowest BCUT2D eigenvalue weighted by Gasteiger charge is -2.14. The van der Waals surface area contributed by atoms with Crippen molar-refractivity contribution in [2.75, 3.05) is 19.0 Å². The number of carbonyl (C=O) groups is 1. The Labute approximate surface area is 119 Å². The Balaban J connectivity index is 2.73. The minimum atomic E-state index is -0.837. The number of H-pyrrole nitrogens is 1. The van der Waals surface area contributed by atoms with Gasteiger partial charge in [-0.25, -0.2) is 9.18 Å². The monoisotopic (exact) mass is 294 g/mol. The number of methoxy groups -OCH3 is 1. The van der Waals surface area contributed by atoms with Crippen LogP contribution in [0.1, 0.15) is 17.3 Å². The van der Waals surface area contributed by atoms with E-state index in [4.69, 9.17) is 0 Å². The normalized spacial score (nSPS) is 12.2. The zero-order valence-corrected chi connectivity index (χ0v) is 11.6. The predicted octanol–water partition coefficient (Wildman–Crippen LogP) is 1.25. The number of pyridine rings is 1. The topological polar surface area (TPSA) is 91.4 Å². The minimum Gasteiger partial charge on any atom is -0.465 e. The van der Waals surface area contributed by atoms with Gasteiger partial charge < -0.3 is 20.1 Å². The van der Waals surface area contributed by atoms with Crippen LogP contribution in [0.4, 0.5) is 10.1 Å². The summed E-state index contributed by atoms with van der Waals surface area (Å²) in [5.41, 5.74) is -0.381. The Morgan fingerprint density at radius 1 is 1.52 bits per heavy atom. The van der Waals surface area contributed by atoms with Crippen molar-refractivity contribution in [2.45, 2.75) is 13.0 Å². The molecule has 0 fully saturated rings. The summed E-state index contributed by atoms with van der Waals surface area (Å²) in [5, 5.41) is 12.5. The second kappa shape index (κ2) is 5.92. The van der Waals surface area contributed by atoms with Crippen LogP contribution in [0.15, 0.2) is 23.0 Å². The number of nitrogens with one attached hydrogen (secondary N) is 2. The summed E-state index contributed by atoms with van der Waals surface area (Å²) in [5.74, 6) is -1.35. The molecule has 1 heterocycles. The highest BCUT2D eigenvalue weighted by Crippen LogP contribution is 2.25. The van der Waals surface area contributed by atoms with Crippen molar-refractivity contribution in [3.05, 3.63) is 39.9 Å². The number of aliphatic hydroxyl groups is 1. The summed E-state index contributed by atoms with van der Waals surface area (Å²) >= 11 is 0. The number of esters is 1. The lowest BCUT2D eigenvalue weighted by Crippen LogP contribution is -2.24. The second-order valence-corrected chi connectivity index (χ2v) is 4.62. The first-order valence-corrected chi connectivity index (χ1v) is 6.29. The Kier molecular flexibility index (Phi) is 4.23. The molecule has 0 aliphatic rings. The van der Waals surface area contributed by atoms with E-state index >= 15 is 0 Å². The molecule has 1 aromatic heterocycles. The number of ether oxygens (including phenoxy) is 1. The van der Waals surface area contributed by atoms with Gasteiger partial charge in [0.05, 0.1) is 24.4 Å². The maximum Gasteiger partial charge on any atom is 0.345 e. The van der Waals surface area contributed by atoms with Crippen LogP contribution in [-0.2, 0) is 4.74 Å². The van der Waals surface area contributed by atoms with Gasteiger partial charge in [-0.2, -0.15) is 0 Å². The van der Waals surface area contributed by atoms with Gasteiger partial charge in [-0.1, -0.05) is 0 Å². The standard InChI is InChI=1S/C14H15FN2O4/c1-7(18)6-16-12-9-5-8(15)3-4-10(9)17-13(19)11(12)14(20)21-2/h3-5,7,18H,6H2,1-2H3,(H2,16,17,19)/t7-/m0/s1. The van der Waals surface area contributed by atoms with E-state index in [0.717, 1.165) is 7.11 Å². The largest absolute Gasteiger partial charge is 0.465 e. The smallest absolute Gasteiger partial charge is 0.345 e. The second-order valence-electron chi connectivity index (χ2n) is 4.62. The Morgan fingerprint density at radius 2 is 2.24 bits per heavy atom. The molecule has 1 aromatic carbocycles. The van der Waals surface area contributed by atoms with Gasteiger partial charge >= 0.3 is 5.97 Å². The Hall–Kier alpha value is -2.41. The number of benzene rings is 1. The van der Waals surface area contributed by atoms with Crippen molar-refractivity contribution in [3.8, 4) is 0 Å². The molecule has 0 amide bonds. The van der Waals surface area contributed by atoms with Crippen LogP contribution in [0.25, 0.3) is 10.9 Å². The fraction of sp³-hybridized carbons (Fsp3) is 0.286. The third-order valence-electron chi connectivity index (χ3n) is 2.94. The number of carbonyl (C=O) groups excluding carboxylic acids is 1. The van der Waals surface area contributed by atoms with Gasteiger partial charge in [0.15, 0.2) is 0 Å². The highest BCUT2D eigenvalue weighted by molar-refractivity contribution is 6.04. The van der Waals surface area contributed by atoms with Crippen LogP contribution < -0.4 is 10.9 Å². The molecule has 0 aliphatic carbocycles. The number of fused-ring (bicyclic) bond motifs is 1. The van der Waals surface area contributed by atoms with Crippen molar-refractivity contribution < 1.29 is 19.0 Å². The number of aromatic amines is 1. The van der Waals surface area contributed by atoms with Crippen LogP contribution in [-0.4, -0.2) is 35.8 Å². The van der Waals surface area contributed by atoms with Crippen molar-refractivity contribution >= 4 is 22.6 Å². The van der Waals surface area contributed by atoms with Gasteiger partial charge in [-0.15, -0.1) is 0 Å². The lowest BCUT2D eigenvalue weighted by molar-refractivity contribution is 0.0600. The van der Waals surface area contributed by atoms with Gasteiger partial charge in [0.1, 0.15) is 11.4 Å². The number of hydrogen-bond acceptors (Lipinski definition) is 5. The van der Waals surface area contributed by atoms with Crippen molar-refractivity contribution in [1.82, 2.24) is 4.98 Å². The van der Waals surface area contributed by atoms with Crippen molar-refractivity contribution in [3.63, 3.8) is 0 Å². The zero-order valence-electron chi connectivity index (χ0n) is 11.6. The minimum absolute atomic E-state index is 0.0963. The van der Waals surface area contributed by atoms with E-state index in [1.165, 1.54) is 18.2 Å². The molecule has 3 N–H and O–H groups in total. The van der Waals surface area contributed by atoms with E-state index in [2.05, 4.69) is 15.0 Å².